The smallest absolute Gasteiger partial charge is 0.271 e. The van der Waals surface area contributed by atoms with Crippen LogP contribution in [-0.4, -0.2) is 42.2 Å². The molecule has 140 valence electrons. The van der Waals surface area contributed by atoms with Crippen molar-refractivity contribution in [3.8, 4) is 5.75 Å². The van der Waals surface area contributed by atoms with E-state index in [1.54, 1.807) is 0 Å². The summed E-state index contributed by atoms with van der Waals surface area (Å²) in [5.41, 5.74) is -0.212. The lowest BCUT2D eigenvalue weighted by Gasteiger charge is -2.21. The fourth-order valence-electron chi connectivity index (χ4n) is 2.17. The van der Waals surface area contributed by atoms with Crippen LogP contribution in [0.2, 0.25) is 0 Å². The molecule has 0 fully saturated rings. The van der Waals surface area contributed by atoms with Crippen LogP contribution in [0, 0.1) is 10.1 Å². The number of ether oxygens (including phenoxy) is 1. The van der Waals surface area contributed by atoms with E-state index < -0.39 is 30.5 Å². The molecule has 0 atom stereocenters. The van der Waals surface area contributed by atoms with Crippen LogP contribution in [-0.2, 0) is 19.9 Å². The second-order valence-electron chi connectivity index (χ2n) is 5.33. The highest BCUT2D eigenvalue weighted by Crippen LogP contribution is 2.32. The number of sulfonamides is 1. The number of hydrogen-bond donors (Lipinski definition) is 0. The molecule has 26 heavy (non-hydrogen) atoms. The van der Waals surface area contributed by atoms with Gasteiger partial charge in [0.25, 0.3) is 15.7 Å². The Labute approximate surface area is 150 Å². The minimum Gasteiger partial charge on any atom is -0.495 e. The molecule has 9 nitrogen and oxygen atoms in total. The summed E-state index contributed by atoms with van der Waals surface area (Å²) in [6.45, 7) is 0. The predicted molar refractivity (Wildman–Crippen MR) is 94.8 cm³/mol. The van der Waals surface area contributed by atoms with E-state index in [2.05, 4.69) is 0 Å². The highest BCUT2D eigenvalue weighted by atomic mass is 32.2. The molecule has 0 saturated heterocycles. The Morgan fingerprint density at radius 3 is 2.08 bits per heavy atom. The van der Waals surface area contributed by atoms with Gasteiger partial charge in [-0.2, -0.15) is 0 Å². The van der Waals surface area contributed by atoms with Crippen LogP contribution in [0.15, 0.2) is 52.3 Å². The maximum atomic E-state index is 12.9. The highest BCUT2D eigenvalue weighted by Gasteiger charge is 2.28. The Bertz CT molecular complexity index is 1050. The van der Waals surface area contributed by atoms with E-state index in [0.717, 1.165) is 22.7 Å². The standard InChI is InChI=1S/C15H16N2O7S2/c1-16(11-4-7-13(8-5-11)25(3,20)21)26(22,23)15-10-12(17(18)19)6-9-14(15)24-2/h4-10H,1-3H3. The van der Waals surface area contributed by atoms with Gasteiger partial charge in [0.2, 0.25) is 0 Å². The van der Waals surface area contributed by atoms with Crippen molar-refractivity contribution in [3.05, 3.63) is 52.6 Å². The normalized spacial score (nSPS) is 11.8. The molecule has 0 radical (unpaired) electrons. The fraction of sp³-hybridized carbons (Fsp3) is 0.200. The van der Waals surface area contributed by atoms with Crippen LogP contribution in [0.4, 0.5) is 11.4 Å². The van der Waals surface area contributed by atoms with Gasteiger partial charge in [-0.15, -0.1) is 0 Å². The molecule has 0 bridgehead atoms. The minimum atomic E-state index is -4.18. The highest BCUT2D eigenvalue weighted by molar-refractivity contribution is 7.93. The maximum absolute atomic E-state index is 12.9. The van der Waals surface area contributed by atoms with Gasteiger partial charge in [-0.05, 0) is 30.3 Å². The van der Waals surface area contributed by atoms with Crippen LogP contribution in [0.5, 0.6) is 5.75 Å². The van der Waals surface area contributed by atoms with Gasteiger partial charge in [-0.25, -0.2) is 16.8 Å². The second kappa shape index (κ2) is 6.92. The van der Waals surface area contributed by atoms with Gasteiger partial charge < -0.3 is 4.74 Å². The lowest BCUT2D eigenvalue weighted by atomic mass is 10.3. The molecule has 2 aromatic rings. The van der Waals surface area contributed by atoms with Gasteiger partial charge in [0.15, 0.2) is 9.84 Å². The molecule has 0 aliphatic rings. The third-order valence-corrected chi connectivity index (χ3v) is 6.56. The second-order valence-corrected chi connectivity index (χ2v) is 9.28. The van der Waals surface area contributed by atoms with Gasteiger partial charge in [0, 0.05) is 25.4 Å². The zero-order valence-electron chi connectivity index (χ0n) is 14.1. The van der Waals surface area contributed by atoms with Crippen molar-refractivity contribution in [1.82, 2.24) is 0 Å². The molecular weight excluding hydrogens is 384 g/mol. The molecule has 0 aliphatic heterocycles. The molecule has 0 aliphatic carbocycles. The summed E-state index contributed by atoms with van der Waals surface area (Å²) in [4.78, 5) is 9.91. The summed E-state index contributed by atoms with van der Waals surface area (Å²) in [7, 11) is -5.10. The molecule has 11 heteroatoms. The largest absolute Gasteiger partial charge is 0.495 e. The number of anilines is 1. The maximum Gasteiger partial charge on any atom is 0.271 e. The SMILES string of the molecule is COc1ccc([N+](=O)[O-])cc1S(=O)(=O)N(C)c1ccc(S(C)(=O)=O)cc1. The number of hydrogen-bond acceptors (Lipinski definition) is 7. The first-order valence-corrected chi connectivity index (χ1v) is 10.4. The lowest BCUT2D eigenvalue weighted by molar-refractivity contribution is -0.385. The molecule has 0 aromatic heterocycles. The summed E-state index contributed by atoms with van der Waals surface area (Å²) >= 11 is 0. The Kier molecular flexibility index (Phi) is 5.23. The molecule has 0 heterocycles. The number of sulfone groups is 1. The average molecular weight is 400 g/mol. The third-order valence-electron chi connectivity index (χ3n) is 3.62. The number of non-ortho nitro benzene ring substituents is 1. The molecular formula is C15H16N2O7S2. The Hall–Kier alpha value is -2.66. The van der Waals surface area contributed by atoms with Crippen molar-refractivity contribution in [2.75, 3.05) is 24.7 Å². The van der Waals surface area contributed by atoms with E-state index in [4.69, 9.17) is 4.74 Å². The van der Waals surface area contributed by atoms with Crippen molar-refractivity contribution in [1.29, 1.82) is 0 Å². The Morgan fingerprint density at radius 1 is 1.04 bits per heavy atom. The lowest BCUT2D eigenvalue weighted by Crippen LogP contribution is -2.27. The topological polar surface area (TPSA) is 124 Å². The predicted octanol–water partition coefficient (Wildman–Crippen LogP) is 1.83. The average Bonchev–Trinajstić information content (AvgIpc) is 2.59. The van der Waals surface area contributed by atoms with Crippen molar-refractivity contribution in [2.45, 2.75) is 9.79 Å². The van der Waals surface area contributed by atoms with Crippen molar-refractivity contribution < 1.29 is 26.5 Å². The summed E-state index contributed by atoms with van der Waals surface area (Å²) < 4.78 is 54.7. The van der Waals surface area contributed by atoms with Crippen molar-refractivity contribution in [2.24, 2.45) is 0 Å². The van der Waals surface area contributed by atoms with Gasteiger partial charge in [-0.1, -0.05) is 0 Å². The summed E-state index contributed by atoms with van der Waals surface area (Å²) in [6, 6.07) is 8.47. The van der Waals surface area contributed by atoms with Crippen LogP contribution < -0.4 is 9.04 Å². The molecule has 0 saturated carbocycles. The quantitative estimate of drug-likeness (QED) is 0.535. The van der Waals surface area contributed by atoms with E-state index in [1.807, 2.05) is 0 Å². The zero-order chi connectivity index (χ0) is 19.7. The van der Waals surface area contributed by atoms with Gasteiger partial charge >= 0.3 is 0 Å². The van der Waals surface area contributed by atoms with E-state index in [1.165, 1.54) is 44.5 Å². The number of benzene rings is 2. The van der Waals surface area contributed by atoms with E-state index in [9.17, 15) is 26.9 Å². The number of nitrogens with zero attached hydrogens (tertiary/aromatic N) is 2. The van der Waals surface area contributed by atoms with Crippen molar-refractivity contribution in [3.63, 3.8) is 0 Å². The third kappa shape index (κ3) is 3.78. The molecule has 2 rings (SSSR count). The van der Waals surface area contributed by atoms with Crippen molar-refractivity contribution >= 4 is 31.2 Å². The zero-order valence-corrected chi connectivity index (χ0v) is 15.7. The molecule has 2 aromatic carbocycles. The first-order valence-electron chi connectivity index (χ1n) is 7.10. The fourth-order valence-corrected chi connectivity index (χ4v) is 4.17. The molecule has 0 amide bonds. The molecule has 0 spiro atoms. The van der Waals surface area contributed by atoms with Crippen LogP contribution in [0.1, 0.15) is 0 Å². The van der Waals surface area contributed by atoms with Crippen LogP contribution in [0.3, 0.4) is 0 Å². The minimum absolute atomic E-state index is 0.0416. The number of nitro benzene ring substituents is 1. The number of nitro groups is 1. The molecule has 0 N–H and O–H groups in total. The molecule has 0 unspecified atom stereocenters. The van der Waals surface area contributed by atoms with E-state index in [0.29, 0.717) is 0 Å². The summed E-state index contributed by atoms with van der Waals surface area (Å²) in [5.74, 6) is -0.0461. The Morgan fingerprint density at radius 2 is 1.62 bits per heavy atom. The first kappa shape index (κ1) is 19.7. The van der Waals surface area contributed by atoms with E-state index >= 15 is 0 Å². The van der Waals surface area contributed by atoms with Gasteiger partial charge in [-0.3, -0.25) is 14.4 Å². The monoisotopic (exact) mass is 400 g/mol. The van der Waals surface area contributed by atoms with E-state index in [-0.39, 0.29) is 21.2 Å². The number of rotatable bonds is 6. The van der Waals surface area contributed by atoms with Crippen LogP contribution >= 0.6 is 0 Å². The summed E-state index contributed by atoms with van der Waals surface area (Å²) in [5, 5.41) is 11.0. The van der Waals surface area contributed by atoms with Gasteiger partial charge in [0.1, 0.15) is 10.6 Å². The summed E-state index contributed by atoms with van der Waals surface area (Å²) in [6.07, 6.45) is 1.04. The van der Waals surface area contributed by atoms with Crippen LogP contribution in [0.25, 0.3) is 0 Å². The van der Waals surface area contributed by atoms with Gasteiger partial charge in [0.05, 0.1) is 22.6 Å². The first-order chi connectivity index (χ1) is 12.0. The Balaban J connectivity index is 2.53. The number of methoxy groups -OCH3 is 1.